The zero-order valence-corrected chi connectivity index (χ0v) is 17.8. The van der Waals surface area contributed by atoms with Gasteiger partial charge in [0.2, 0.25) is 0 Å². The molecule has 1 heterocycles. The number of anilines is 1. The van der Waals surface area contributed by atoms with Crippen molar-refractivity contribution in [1.82, 2.24) is 0 Å². The number of carboxylic acids is 1. The van der Waals surface area contributed by atoms with Gasteiger partial charge in [0.25, 0.3) is 5.91 Å². The van der Waals surface area contributed by atoms with Crippen molar-refractivity contribution in [1.29, 1.82) is 0 Å². The highest BCUT2D eigenvalue weighted by molar-refractivity contribution is 9.10. The van der Waals surface area contributed by atoms with E-state index < -0.39 is 12.6 Å². The van der Waals surface area contributed by atoms with Crippen molar-refractivity contribution in [2.24, 2.45) is 0 Å². The van der Waals surface area contributed by atoms with Crippen LogP contribution in [0.1, 0.15) is 5.56 Å². The van der Waals surface area contributed by atoms with Crippen molar-refractivity contribution in [3.63, 3.8) is 0 Å². The van der Waals surface area contributed by atoms with E-state index in [1.165, 1.54) is 12.0 Å². The van der Waals surface area contributed by atoms with Crippen LogP contribution < -0.4 is 14.4 Å². The predicted octanol–water partition coefficient (Wildman–Crippen LogP) is 4.33. The molecule has 0 atom stereocenters. The number of para-hydroxylation sites is 1. The number of ether oxygens (including phenoxy) is 2. The number of nitrogens with zero attached hydrogens (tertiary/aromatic N) is 1. The third-order valence-corrected chi connectivity index (χ3v) is 5.51. The van der Waals surface area contributed by atoms with Gasteiger partial charge in [0.1, 0.15) is 0 Å². The molecule has 2 aromatic rings. The van der Waals surface area contributed by atoms with E-state index in [-0.39, 0.29) is 11.7 Å². The topological polar surface area (TPSA) is 76.1 Å². The smallest absolute Gasteiger partial charge is 0.341 e. The lowest BCUT2D eigenvalue weighted by Crippen LogP contribution is -2.27. The number of hydrogen-bond acceptors (Lipinski definition) is 6. The summed E-state index contributed by atoms with van der Waals surface area (Å²) in [6, 6.07) is 12.4. The number of halogens is 1. The van der Waals surface area contributed by atoms with E-state index >= 15 is 0 Å². The molecule has 1 amide bonds. The number of rotatable bonds is 6. The Kier molecular flexibility index (Phi) is 6.38. The summed E-state index contributed by atoms with van der Waals surface area (Å²) in [4.78, 5) is 25.7. The Morgan fingerprint density at radius 1 is 1.32 bits per heavy atom. The van der Waals surface area contributed by atoms with Crippen LogP contribution in [-0.2, 0) is 9.59 Å². The average Bonchev–Trinajstić information content (AvgIpc) is 2.93. The van der Waals surface area contributed by atoms with Gasteiger partial charge in [-0.2, -0.15) is 0 Å². The molecule has 0 bridgehead atoms. The molecule has 1 aliphatic heterocycles. The van der Waals surface area contributed by atoms with Crippen LogP contribution in [0.4, 0.5) is 5.69 Å². The Labute approximate surface area is 179 Å². The van der Waals surface area contributed by atoms with Gasteiger partial charge in [0, 0.05) is 10.0 Å². The molecule has 1 aliphatic rings. The maximum absolute atomic E-state index is 12.9. The number of carbonyl (C=O) groups is 2. The minimum absolute atomic E-state index is 0.250. The van der Waals surface area contributed by atoms with Gasteiger partial charge in [-0.25, -0.2) is 4.79 Å². The normalized spacial score (nSPS) is 15.2. The van der Waals surface area contributed by atoms with Crippen LogP contribution in [-0.4, -0.2) is 35.0 Å². The molecular weight excluding hydrogens is 466 g/mol. The van der Waals surface area contributed by atoms with Crippen molar-refractivity contribution >= 4 is 67.9 Å². The van der Waals surface area contributed by atoms with Crippen molar-refractivity contribution < 1.29 is 24.2 Å². The van der Waals surface area contributed by atoms with Gasteiger partial charge in [-0.1, -0.05) is 58.1 Å². The lowest BCUT2D eigenvalue weighted by atomic mass is 10.1. The summed E-state index contributed by atoms with van der Waals surface area (Å²) in [5, 5.41) is 8.91. The van der Waals surface area contributed by atoms with Gasteiger partial charge in [-0.3, -0.25) is 9.69 Å². The number of thioether (sulfide) groups is 1. The second-order valence-corrected chi connectivity index (χ2v) is 8.15. The number of methoxy groups -OCH3 is 1. The highest BCUT2D eigenvalue weighted by Crippen LogP contribution is 2.39. The molecule has 0 unspecified atom stereocenters. The summed E-state index contributed by atoms with van der Waals surface area (Å²) in [7, 11) is 1.46. The highest BCUT2D eigenvalue weighted by Gasteiger charge is 2.33. The quantitative estimate of drug-likeness (QED) is 0.487. The molecule has 0 spiro atoms. The number of carbonyl (C=O) groups excluding carboxylic acids is 1. The zero-order valence-electron chi connectivity index (χ0n) is 14.5. The maximum Gasteiger partial charge on any atom is 0.341 e. The standard InChI is InChI=1S/C19H14BrNO5S2/c1-25-14-7-2-4-11(17(14)26-10-16(22)23)8-15-18(24)21(19(27)28-15)13-6-3-5-12(20)9-13/h2-9H,10H2,1H3,(H,22,23)/b15-8-. The van der Waals surface area contributed by atoms with Gasteiger partial charge in [0.05, 0.1) is 17.7 Å². The second kappa shape index (κ2) is 8.76. The van der Waals surface area contributed by atoms with Gasteiger partial charge in [-0.15, -0.1) is 0 Å². The van der Waals surface area contributed by atoms with E-state index in [0.717, 1.165) is 16.2 Å². The summed E-state index contributed by atoms with van der Waals surface area (Å²) in [5.74, 6) is -0.754. The lowest BCUT2D eigenvalue weighted by molar-refractivity contribution is -0.139. The van der Waals surface area contributed by atoms with Gasteiger partial charge < -0.3 is 14.6 Å². The number of carboxylic acid groups (broad SMARTS) is 1. The van der Waals surface area contributed by atoms with Crippen LogP contribution in [0.25, 0.3) is 6.08 Å². The molecule has 9 heteroatoms. The monoisotopic (exact) mass is 479 g/mol. The zero-order chi connectivity index (χ0) is 20.3. The molecule has 0 saturated carbocycles. The fourth-order valence-electron chi connectivity index (χ4n) is 2.54. The maximum atomic E-state index is 12.9. The van der Waals surface area contributed by atoms with E-state index in [1.807, 2.05) is 12.1 Å². The largest absolute Gasteiger partial charge is 0.493 e. The Morgan fingerprint density at radius 2 is 2.07 bits per heavy atom. The van der Waals surface area contributed by atoms with Crippen LogP contribution in [0.2, 0.25) is 0 Å². The number of benzene rings is 2. The third kappa shape index (κ3) is 4.37. The SMILES string of the molecule is COc1cccc(/C=C2\SC(=S)N(c3cccc(Br)c3)C2=O)c1OCC(=O)O. The first-order valence-electron chi connectivity index (χ1n) is 7.96. The Bertz CT molecular complexity index is 992. The fourth-order valence-corrected chi connectivity index (χ4v) is 4.22. The van der Waals surface area contributed by atoms with E-state index in [1.54, 1.807) is 36.4 Å². The minimum Gasteiger partial charge on any atom is -0.493 e. The molecule has 144 valence electrons. The summed E-state index contributed by atoms with van der Waals surface area (Å²) in [5.41, 5.74) is 1.18. The summed E-state index contributed by atoms with van der Waals surface area (Å²) in [6.07, 6.45) is 1.62. The lowest BCUT2D eigenvalue weighted by Gasteiger charge is -2.14. The molecule has 1 N–H and O–H groups in total. The molecular formula is C19H14BrNO5S2. The summed E-state index contributed by atoms with van der Waals surface area (Å²) in [6.45, 7) is -0.528. The molecule has 0 aromatic heterocycles. The van der Waals surface area contributed by atoms with E-state index in [2.05, 4.69) is 15.9 Å². The van der Waals surface area contributed by atoms with E-state index in [4.69, 9.17) is 26.8 Å². The van der Waals surface area contributed by atoms with Gasteiger partial charge in [-0.05, 0) is 30.3 Å². The molecule has 3 rings (SSSR count). The molecule has 0 radical (unpaired) electrons. The fraction of sp³-hybridized carbons (Fsp3) is 0.105. The average molecular weight is 480 g/mol. The van der Waals surface area contributed by atoms with Crippen molar-refractivity contribution in [2.75, 3.05) is 18.6 Å². The molecule has 6 nitrogen and oxygen atoms in total. The highest BCUT2D eigenvalue weighted by atomic mass is 79.9. The van der Waals surface area contributed by atoms with Gasteiger partial charge >= 0.3 is 5.97 Å². The van der Waals surface area contributed by atoms with Crippen LogP contribution in [0, 0.1) is 0 Å². The van der Waals surface area contributed by atoms with Gasteiger partial charge in [0.15, 0.2) is 22.4 Å². The van der Waals surface area contributed by atoms with Crippen LogP contribution in [0.5, 0.6) is 11.5 Å². The first-order valence-corrected chi connectivity index (χ1v) is 9.97. The first kappa shape index (κ1) is 20.4. The third-order valence-electron chi connectivity index (χ3n) is 3.72. The minimum atomic E-state index is -1.11. The predicted molar refractivity (Wildman–Crippen MR) is 116 cm³/mol. The van der Waals surface area contributed by atoms with Crippen molar-refractivity contribution in [3.05, 3.63) is 57.4 Å². The van der Waals surface area contributed by atoms with Crippen LogP contribution in [0.15, 0.2) is 51.8 Å². The Hall–Kier alpha value is -2.36. The number of hydrogen-bond donors (Lipinski definition) is 1. The molecule has 1 saturated heterocycles. The molecule has 1 fully saturated rings. The Balaban J connectivity index is 1.97. The van der Waals surface area contributed by atoms with E-state index in [0.29, 0.717) is 26.2 Å². The van der Waals surface area contributed by atoms with Crippen molar-refractivity contribution in [2.45, 2.75) is 0 Å². The Morgan fingerprint density at radius 3 is 2.75 bits per heavy atom. The summed E-state index contributed by atoms with van der Waals surface area (Å²) < 4.78 is 11.9. The summed E-state index contributed by atoms with van der Waals surface area (Å²) >= 11 is 9.94. The first-order chi connectivity index (χ1) is 13.4. The van der Waals surface area contributed by atoms with Crippen LogP contribution in [0.3, 0.4) is 0 Å². The molecule has 2 aromatic carbocycles. The van der Waals surface area contributed by atoms with Crippen molar-refractivity contribution in [3.8, 4) is 11.5 Å². The van der Waals surface area contributed by atoms with E-state index in [9.17, 15) is 9.59 Å². The molecule has 0 aliphatic carbocycles. The second-order valence-electron chi connectivity index (χ2n) is 5.56. The van der Waals surface area contributed by atoms with Crippen LogP contribution >= 0.6 is 39.9 Å². The molecule has 28 heavy (non-hydrogen) atoms. The number of aliphatic carboxylic acids is 1. The number of thiocarbonyl (C=S) groups is 1. The number of amides is 1.